The maximum absolute atomic E-state index is 2.56. The van der Waals surface area contributed by atoms with Crippen LogP contribution in [0.1, 0.15) is 75.8 Å². The van der Waals surface area contributed by atoms with Crippen LogP contribution in [-0.2, 0) is 25.7 Å². The van der Waals surface area contributed by atoms with E-state index in [2.05, 4.69) is 109 Å². The average molecular weight is 539 g/mol. The third-order valence-electron chi connectivity index (χ3n) is 10.3. The van der Waals surface area contributed by atoms with E-state index in [-0.39, 0.29) is 0 Å². The van der Waals surface area contributed by atoms with Crippen molar-refractivity contribution in [3.63, 3.8) is 0 Å². The molecule has 0 radical (unpaired) electrons. The van der Waals surface area contributed by atoms with Crippen LogP contribution in [0.4, 0.5) is 0 Å². The summed E-state index contributed by atoms with van der Waals surface area (Å²) in [5, 5.41) is 5.56. The number of benzene rings is 5. The largest absolute Gasteiger partial charge is 0.0836 e. The lowest BCUT2D eigenvalue weighted by atomic mass is 9.77. The lowest BCUT2D eigenvalue weighted by Gasteiger charge is -2.28. The van der Waals surface area contributed by atoms with E-state index in [0.29, 0.717) is 0 Å². The number of hydrogen-bond acceptors (Lipinski definition) is 0. The quantitative estimate of drug-likeness (QED) is 0.210. The van der Waals surface area contributed by atoms with Gasteiger partial charge in [-0.2, -0.15) is 0 Å². The first kappa shape index (κ1) is 24.2. The van der Waals surface area contributed by atoms with Gasteiger partial charge in [0.15, 0.2) is 0 Å². The summed E-state index contributed by atoms with van der Waals surface area (Å²) in [4.78, 5) is 0. The Morgan fingerprint density at radius 3 is 2.10 bits per heavy atom. The van der Waals surface area contributed by atoms with Gasteiger partial charge in [0.05, 0.1) is 0 Å². The van der Waals surface area contributed by atoms with Crippen LogP contribution < -0.4 is 0 Å². The van der Waals surface area contributed by atoms with Gasteiger partial charge in [0.25, 0.3) is 0 Å². The van der Waals surface area contributed by atoms with E-state index in [0.717, 1.165) is 44.9 Å². The molecule has 0 bridgehead atoms. The number of fused-ring (bicyclic) bond motifs is 10. The molecule has 0 nitrogen and oxygen atoms in total. The molecule has 0 fully saturated rings. The lowest BCUT2D eigenvalue weighted by molar-refractivity contribution is 0.855. The van der Waals surface area contributed by atoms with Gasteiger partial charge in [-0.25, -0.2) is 0 Å². The van der Waals surface area contributed by atoms with Gasteiger partial charge in [0, 0.05) is 0 Å². The summed E-state index contributed by atoms with van der Waals surface area (Å²) in [6.45, 7) is 0. The zero-order valence-corrected chi connectivity index (χ0v) is 24.0. The average Bonchev–Trinajstić information content (AvgIpc) is 3.07. The lowest BCUT2D eigenvalue weighted by Crippen LogP contribution is -2.11. The zero-order valence-electron chi connectivity index (χ0n) is 24.0. The predicted octanol–water partition coefficient (Wildman–Crippen LogP) is 10.8. The van der Waals surface area contributed by atoms with E-state index in [1.165, 1.54) is 72.5 Å². The molecule has 0 aliphatic heterocycles. The van der Waals surface area contributed by atoms with Crippen LogP contribution in [-0.4, -0.2) is 0 Å². The van der Waals surface area contributed by atoms with Gasteiger partial charge in [-0.1, -0.05) is 109 Å². The van der Waals surface area contributed by atoms with Crippen molar-refractivity contribution in [3.05, 3.63) is 146 Å². The highest BCUT2D eigenvalue weighted by Gasteiger charge is 2.24. The van der Waals surface area contributed by atoms with Crippen LogP contribution in [0.2, 0.25) is 0 Å². The molecular formula is C42H34. The Hall–Kier alpha value is -4.42. The number of rotatable bonds is 2. The molecule has 0 heterocycles. The second-order valence-corrected chi connectivity index (χ2v) is 12.6. The van der Waals surface area contributed by atoms with Gasteiger partial charge in [-0.15, -0.1) is 0 Å². The van der Waals surface area contributed by atoms with E-state index in [1.54, 1.807) is 22.3 Å². The SMILES string of the molecule is C1=Cc2c(c3c(c4ccccc24)C=C(C2=Cc4ccc(C5=Cc6c(ccc7ccccc67)CC5)cc4CC2)CC3)CC1. The Morgan fingerprint density at radius 2 is 1.17 bits per heavy atom. The Morgan fingerprint density at radius 1 is 0.452 bits per heavy atom. The fourth-order valence-corrected chi connectivity index (χ4v) is 8.14. The van der Waals surface area contributed by atoms with E-state index in [4.69, 9.17) is 0 Å². The molecule has 9 rings (SSSR count). The highest BCUT2D eigenvalue weighted by molar-refractivity contribution is 6.01. The van der Waals surface area contributed by atoms with Gasteiger partial charge >= 0.3 is 0 Å². The third-order valence-corrected chi connectivity index (χ3v) is 10.3. The Labute approximate surface area is 248 Å². The fourth-order valence-electron chi connectivity index (χ4n) is 8.14. The summed E-state index contributed by atoms with van der Waals surface area (Å²) >= 11 is 0. The van der Waals surface area contributed by atoms with Gasteiger partial charge in [0.2, 0.25) is 0 Å². The molecule has 202 valence electrons. The molecule has 0 saturated carbocycles. The van der Waals surface area contributed by atoms with Crippen molar-refractivity contribution in [2.75, 3.05) is 0 Å². The monoisotopic (exact) mass is 538 g/mol. The second-order valence-electron chi connectivity index (χ2n) is 12.6. The predicted molar refractivity (Wildman–Crippen MR) is 180 cm³/mol. The van der Waals surface area contributed by atoms with Crippen molar-refractivity contribution in [1.82, 2.24) is 0 Å². The minimum atomic E-state index is 1.12. The molecule has 0 aromatic heterocycles. The summed E-state index contributed by atoms with van der Waals surface area (Å²) in [6.07, 6.45) is 21.4. The molecular weight excluding hydrogens is 504 g/mol. The number of aryl methyl sites for hydroxylation is 2. The van der Waals surface area contributed by atoms with Crippen molar-refractivity contribution < 1.29 is 0 Å². The van der Waals surface area contributed by atoms with E-state index >= 15 is 0 Å². The molecule has 5 aromatic rings. The first-order valence-electron chi connectivity index (χ1n) is 15.8. The molecule has 0 unspecified atom stereocenters. The molecule has 42 heavy (non-hydrogen) atoms. The molecule has 0 heteroatoms. The van der Waals surface area contributed by atoms with Crippen LogP contribution >= 0.6 is 0 Å². The molecule has 4 aliphatic rings. The summed E-state index contributed by atoms with van der Waals surface area (Å²) in [7, 11) is 0. The van der Waals surface area contributed by atoms with E-state index < -0.39 is 0 Å². The normalized spacial score (nSPS) is 17.1. The van der Waals surface area contributed by atoms with Crippen LogP contribution in [0, 0.1) is 0 Å². The van der Waals surface area contributed by atoms with Crippen molar-refractivity contribution in [2.24, 2.45) is 0 Å². The molecule has 0 amide bonds. The maximum Gasteiger partial charge on any atom is -0.0102 e. The zero-order chi connectivity index (χ0) is 27.6. The highest BCUT2D eigenvalue weighted by Crippen LogP contribution is 2.42. The number of allylic oxidation sites excluding steroid dienone is 4. The van der Waals surface area contributed by atoms with Crippen LogP contribution in [0.3, 0.4) is 0 Å². The van der Waals surface area contributed by atoms with Crippen molar-refractivity contribution in [2.45, 2.75) is 51.4 Å². The minimum Gasteiger partial charge on any atom is -0.0836 e. The molecule has 0 spiro atoms. The second kappa shape index (κ2) is 9.57. The maximum atomic E-state index is 2.56. The first-order valence-corrected chi connectivity index (χ1v) is 15.8. The topological polar surface area (TPSA) is 0 Å². The summed E-state index contributed by atoms with van der Waals surface area (Å²) in [5.74, 6) is 0. The Kier molecular flexibility index (Phi) is 5.51. The Balaban J connectivity index is 1.08. The van der Waals surface area contributed by atoms with Gasteiger partial charge < -0.3 is 0 Å². The summed E-state index contributed by atoms with van der Waals surface area (Å²) in [6, 6.07) is 29.7. The minimum absolute atomic E-state index is 1.12. The molecule has 4 aliphatic carbocycles. The van der Waals surface area contributed by atoms with E-state index in [1.807, 2.05) is 0 Å². The standard InChI is InChI=1S/C42H34/c1-2-8-35-27(7-1)13-14-28-15-16-33(25-41(28)35)31-19-17-30-24-32(20-18-29(30)23-31)34-21-22-40-38-11-4-3-9-36(38)37-10-5-6-12-39(37)42(40)26-34/h1-3,5-10,12-14,17,19,23-26H,4,11,15-16,18,20-22H2. The van der Waals surface area contributed by atoms with Crippen LogP contribution in [0.15, 0.2) is 96.1 Å². The van der Waals surface area contributed by atoms with Gasteiger partial charge in [-0.05, 0) is 140 Å². The van der Waals surface area contributed by atoms with Crippen LogP contribution in [0.25, 0.3) is 51.4 Å². The molecule has 0 atom stereocenters. The first-order chi connectivity index (χ1) is 20.8. The van der Waals surface area contributed by atoms with Crippen molar-refractivity contribution in [1.29, 1.82) is 0 Å². The van der Waals surface area contributed by atoms with Crippen molar-refractivity contribution >= 4 is 51.4 Å². The molecule has 0 saturated heterocycles. The summed E-state index contributed by atoms with van der Waals surface area (Å²) in [5.41, 5.74) is 18.0. The van der Waals surface area contributed by atoms with Crippen LogP contribution in [0.5, 0.6) is 0 Å². The highest BCUT2D eigenvalue weighted by atomic mass is 14.3. The van der Waals surface area contributed by atoms with Gasteiger partial charge in [-0.3, -0.25) is 0 Å². The molecule has 5 aromatic carbocycles. The smallest absolute Gasteiger partial charge is 0.0102 e. The number of hydrogen-bond donors (Lipinski definition) is 0. The third kappa shape index (κ3) is 3.82. The van der Waals surface area contributed by atoms with E-state index in [9.17, 15) is 0 Å². The Bertz CT molecular complexity index is 2070. The van der Waals surface area contributed by atoms with Crippen molar-refractivity contribution in [3.8, 4) is 0 Å². The summed E-state index contributed by atoms with van der Waals surface area (Å²) < 4.78 is 0. The fraction of sp³-hybridized carbons (Fsp3) is 0.190. The van der Waals surface area contributed by atoms with Gasteiger partial charge in [0.1, 0.15) is 0 Å². The molecule has 0 N–H and O–H groups in total.